The van der Waals surface area contributed by atoms with E-state index in [0.29, 0.717) is 31.5 Å². The van der Waals surface area contributed by atoms with Gasteiger partial charge in [-0.25, -0.2) is 4.39 Å². The van der Waals surface area contributed by atoms with Crippen molar-refractivity contribution < 1.29 is 14.0 Å². The van der Waals surface area contributed by atoms with Crippen LogP contribution in [0.15, 0.2) is 48.5 Å². The molecule has 27 heavy (non-hydrogen) atoms. The number of hydrogen-bond acceptors (Lipinski definition) is 3. The maximum atomic E-state index is 13.0. The molecule has 0 bridgehead atoms. The van der Waals surface area contributed by atoms with Crippen LogP contribution in [0.2, 0.25) is 0 Å². The van der Waals surface area contributed by atoms with Crippen molar-refractivity contribution in [2.24, 2.45) is 5.92 Å². The van der Waals surface area contributed by atoms with Crippen molar-refractivity contribution >= 4 is 23.2 Å². The van der Waals surface area contributed by atoms with E-state index >= 15 is 0 Å². The van der Waals surface area contributed by atoms with Crippen LogP contribution in [0.3, 0.4) is 0 Å². The van der Waals surface area contributed by atoms with Crippen molar-refractivity contribution in [2.45, 2.75) is 12.8 Å². The number of hydrogen-bond donors (Lipinski definition) is 1. The van der Waals surface area contributed by atoms with E-state index in [1.54, 1.807) is 4.90 Å². The first kappa shape index (κ1) is 18.9. The molecule has 0 atom stereocenters. The highest BCUT2D eigenvalue weighted by molar-refractivity contribution is 5.97. The molecule has 0 aromatic heterocycles. The van der Waals surface area contributed by atoms with Gasteiger partial charge < -0.3 is 15.1 Å². The van der Waals surface area contributed by atoms with Gasteiger partial charge in [0.1, 0.15) is 5.82 Å². The lowest BCUT2D eigenvalue weighted by molar-refractivity contribution is -0.121. The van der Waals surface area contributed by atoms with Gasteiger partial charge in [-0.3, -0.25) is 9.59 Å². The molecular weight excluding hydrogens is 345 g/mol. The number of piperidine rings is 1. The molecule has 0 unspecified atom stereocenters. The fourth-order valence-electron chi connectivity index (χ4n) is 3.32. The predicted octanol–water partition coefficient (Wildman–Crippen LogP) is 3.38. The van der Waals surface area contributed by atoms with Gasteiger partial charge in [-0.1, -0.05) is 12.1 Å². The summed E-state index contributed by atoms with van der Waals surface area (Å²) in [5, 5.41) is 3.02. The van der Waals surface area contributed by atoms with Crippen LogP contribution in [0.4, 0.5) is 15.8 Å². The van der Waals surface area contributed by atoms with Gasteiger partial charge in [0.2, 0.25) is 5.91 Å². The van der Waals surface area contributed by atoms with E-state index in [-0.39, 0.29) is 23.5 Å². The number of para-hydroxylation sites is 2. The van der Waals surface area contributed by atoms with Crippen molar-refractivity contribution in [3.63, 3.8) is 0 Å². The van der Waals surface area contributed by atoms with Crippen LogP contribution in [-0.4, -0.2) is 43.9 Å². The SMILES string of the molecule is CN(C)c1ccccc1NC(=O)C1CCN(C(=O)c2ccc(F)cc2)CC1. The van der Waals surface area contributed by atoms with Crippen molar-refractivity contribution in [2.75, 3.05) is 37.4 Å². The molecule has 1 aliphatic heterocycles. The van der Waals surface area contributed by atoms with E-state index in [2.05, 4.69) is 5.32 Å². The zero-order chi connectivity index (χ0) is 19.4. The molecule has 1 aliphatic rings. The van der Waals surface area contributed by atoms with E-state index in [4.69, 9.17) is 0 Å². The van der Waals surface area contributed by atoms with Crippen LogP contribution in [0.1, 0.15) is 23.2 Å². The van der Waals surface area contributed by atoms with Crippen LogP contribution in [0, 0.1) is 11.7 Å². The Bertz CT molecular complexity index is 812. The number of halogens is 1. The Morgan fingerprint density at radius 2 is 1.67 bits per heavy atom. The van der Waals surface area contributed by atoms with E-state index in [0.717, 1.165) is 11.4 Å². The van der Waals surface area contributed by atoms with Gasteiger partial charge in [0.05, 0.1) is 11.4 Å². The number of carbonyl (C=O) groups is 2. The molecule has 2 amide bonds. The zero-order valence-electron chi connectivity index (χ0n) is 15.6. The average molecular weight is 369 g/mol. The molecule has 2 aromatic rings. The Balaban J connectivity index is 1.58. The Labute approximate surface area is 158 Å². The molecule has 0 saturated carbocycles. The van der Waals surface area contributed by atoms with Crippen LogP contribution in [-0.2, 0) is 4.79 Å². The number of anilines is 2. The topological polar surface area (TPSA) is 52.7 Å². The molecule has 5 nitrogen and oxygen atoms in total. The molecule has 1 heterocycles. The average Bonchev–Trinajstić information content (AvgIpc) is 2.68. The molecule has 0 aliphatic carbocycles. The minimum absolute atomic E-state index is 0.0156. The van der Waals surface area contributed by atoms with Crippen LogP contribution >= 0.6 is 0 Å². The number of benzene rings is 2. The monoisotopic (exact) mass is 369 g/mol. The zero-order valence-corrected chi connectivity index (χ0v) is 15.6. The summed E-state index contributed by atoms with van der Waals surface area (Å²) in [5.41, 5.74) is 2.21. The van der Waals surface area contributed by atoms with Crippen molar-refractivity contribution in [1.29, 1.82) is 0 Å². The van der Waals surface area contributed by atoms with Crippen LogP contribution in [0.5, 0.6) is 0 Å². The van der Waals surface area contributed by atoms with Gasteiger partial charge in [0.25, 0.3) is 5.91 Å². The summed E-state index contributed by atoms with van der Waals surface area (Å²) in [6, 6.07) is 13.2. The second kappa shape index (κ2) is 8.20. The summed E-state index contributed by atoms with van der Waals surface area (Å²) < 4.78 is 13.0. The number of nitrogens with one attached hydrogen (secondary N) is 1. The fourth-order valence-corrected chi connectivity index (χ4v) is 3.32. The molecule has 1 N–H and O–H groups in total. The molecule has 1 saturated heterocycles. The lowest BCUT2D eigenvalue weighted by Crippen LogP contribution is -2.41. The van der Waals surface area contributed by atoms with Crippen molar-refractivity contribution in [3.8, 4) is 0 Å². The number of carbonyl (C=O) groups excluding carboxylic acids is 2. The smallest absolute Gasteiger partial charge is 0.253 e. The highest BCUT2D eigenvalue weighted by Gasteiger charge is 2.28. The molecular formula is C21H24FN3O2. The van der Waals surface area contributed by atoms with Crippen molar-refractivity contribution in [3.05, 3.63) is 59.9 Å². The number of likely N-dealkylation sites (tertiary alicyclic amines) is 1. The van der Waals surface area contributed by atoms with Gasteiger partial charge in [-0.15, -0.1) is 0 Å². The van der Waals surface area contributed by atoms with E-state index in [9.17, 15) is 14.0 Å². The summed E-state index contributed by atoms with van der Waals surface area (Å²) in [6.45, 7) is 1.03. The van der Waals surface area contributed by atoms with Gasteiger partial charge >= 0.3 is 0 Å². The quantitative estimate of drug-likeness (QED) is 0.899. The minimum Gasteiger partial charge on any atom is -0.376 e. The maximum Gasteiger partial charge on any atom is 0.253 e. The van der Waals surface area contributed by atoms with E-state index < -0.39 is 0 Å². The first-order chi connectivity index (χ1) is 13.0. The molecule has 0 spiro atoms. The molecule has 1 fully saturated rings. The Kier molecular flexibility index (Phi) is 5.74. The van der Waals surface area contributed by atoms with Crippen LogP contribution < -0.4 is 10.2 Å². The standard InChI is InChI=1S/C21H24FN3O2/c1-24(2)19-6-4-3-5-18(19)23-20(26)15-11-13-25(14-12-15)21(27)16-7-9-17(22)10-8-16/h3-10,15H,11-14H2,1-2H3,(H,23,26). The molecule has 142 valence electrons. The normalized spacial score (nSPS) is 14.7. The second-order valence-corrected chi connectivity index (χ2v) is 6.97. The summed E-state index contributed by atoms with van der Waals surface area (Å²) in [5.74, 6) is -0.623. The third kappa shape index (κ3) is 4.45. The Hall–Kier alpha value is -2.89. The maximum absolute atomic E-state index is 13.0. The van der Waals surface area contributed by atoms with Crippen molar-refractivity contribution in [1.82, 2.24) is 4.90 Å². The number of rotatable bonds is 4. The molecule has 3 rings (SSSR count). The van der Waals surface area contributed by atoms with Gasteiger partial charge in [-0.05, 0) is 49.2 Å². The summed E-state index contributed by atoms with van der Waals surface area (Å²) in [6.07, 6.45) is 1.23. The summed E-state index contributed by atoms with van der Waals surface area (Å²) >= 11 is 0. The lowest BCUT2D eigenvalue weighted by atomic mass is 9.95. The number of amides is 2. The third-order valence-corrected chi connectivity index (χ3v) is 4.89. The van der Waals surface area contributed by atoms with Gasteiger partial charge in [0, 0.05) is 38.7 Å². The molecule has 2 aromatic carbocycles. The van der Waals surface area contributed by atoms with Crippen LogP contribution in [0.25, 0.3) is 0 Å². The summed E-state index contributed by atoms with van der Waals surface area (Å²) in [4.78, 5) is 28.8. The third-order valence-electron chi connectivity index (χ3n) is 4.89. The Morgan fingerprint density at radius 1 is 1.04 bits per heavy atom. The largest absolute Gasteiger partial charge is 0.376 e. The summed E-state index contributed by atoms with van der Waals surface area (Å²) in [7, 11) is 3.87. The highest BCUT2D eigenvalue weighted by atomic mass is 19.1. The molecule has 0 radical (unpaired) electrons. The first-order valence-corrected chi connectivity index (χ1v) is 9.08. The molecule has 6 heteroatoms. The lowest BCUT2D eigenvalue weighted by Gasteiger charge is -2.31. The van der Waals surface area contributed by atoms with E-state index in [1.807, 2.05) is 43.3 Å². The Morgan fingerprint density at radius 3 is 2.30 bits per heavy atom. The fraction of sp³-hybridized carbons (Fsp3) is 0.333. The van der Waals surface area contributed by atoms with Gasteiger partial charge in [-0.2, -0.15) is 0 Å². The number of nitrogens with zero attached hydrogens (tertiary/aromatic N) is 2. The van der Waals surface area contributed by atoms with E-state index in [1.165, 1.54) is 24.3 Å². The van der Waals surface area contributed by atoms with Gasteiger partial charge in [0.15, 0.2) is 0 Å². The second-order valence-electron chi connectivity index (χ2n) is 6.97. The predicted molar refractivity (Wildman–Crippen MR) is 104 cm³/mol. The first-order valence-electron chi connectivity index (χ1n) is 9.08. The minimum atomic E-state index is -0.361. The highest BCUT2D eigenvalue weighted by Crippen LogP contribution is 2.26.